The maximum absolute atomic E-state index is 13.7. The molecule has 1 saturated heterocycles. The lowest BCUT2D eigenvalue weighted by Gasteiger charge is -2.26. The number of nitrogens with one attached hydrogen (secondary N) is 2. The van der Waals surface area contributed by atoms with Crippen LogP contribution in [0.25, 0.3) is 16.7 Å². The smallest absolute Gasteiger partial charge is 0.169 e. The van der Waals surface area contributed by atoms with Crippen molar-refractivity contribution >= 4 is 23.0 Å². The quantitative estimate of drug-likeness (QED) is 0.308. The number of aromatic nitrogens is 2. The van der Waals surface area contributed by atoms with Gasteiger partial charge in [0.25, 0.3) is 0 Å². The van der Waals surface area contributed by atoms with Crippen LogP contribution in [0, 0.1) is 12.8 Å². The van der Waals surface area contributed by atoms with Crippen LogP contribution in [0.4, 0.5) is 0 Å². The molecule has 0 saturated carbocycles. The number of benzene rings is 2. The first-order valence-corrected chi connectivity index (χ1v) is 14.2. The average Bonchev–Trinajstić information content (AvgIpc) is 3.33. The fraction of sp³-hybridized carbons (Fsp3) is 0.438. The van der Waals surface area contributed by atoms with Crippen molar-refractivity contribution in [3.05, 3.63) is 76.1 Å². The topological polar surface area (TPSA) is 67.0 Å². The van der Waals surface area contributed by atoms with E-state index in [-0.39, 0.29) is 11.7 Å². The van der Waals surface area contributed by atoms with Crippen molar-refractivity contribution < 1.29 is 9.53 Å². The Hall–Kier alpha value is -2.89. The number of carbonyl (C=O) groups is 1. The number of carbonyl (C=O) groups excluding carboxylic acids is 1. The first-order chi connectivity index (χ1) is 18.4. The Bertz CT molecular complexity index is 1290. The lowest BCUT2D eigenvalue weighted by molar-refractivity contribution is -0.118. The van der Waals surface area contributed by atoms with Crippen molar-refractivity contribution in [1.29, 1.82) is 0 Å². The van der Waals surface area contributed by atoms with Crippen molar-refractivity contribution in [2.75, 3.05) is 13.2 Å². The maximum atomic E-state index is 13.7. The fourth-order valence-electron chi connectivity index (χ4n) is 5.12. The largest absolute Gasteiger partial charge is 0.493 e. The second-order valence-corrected chi connectivity index (χ2v) is 10.8. The van der Waals surface area contributed by atoms with Crippen LogP contribution in [0.5, 0.6) is 5.75 Å². The van der Waals surface area contributed by atoms with Gasteiger partial charge in [0.05, 0.1) is 18.7 Å². The van der Waals surface area contributed by atoms with Crippen molar-refractivity contribution in [3.8, 4) is 16.9 Å². The SMILES string of the molecule is C/C=C(/C(=O)C1COc2ccc(Cl)cc2C1)c1ccc(-c2cn[nH]c2C)cc1C(C)CC.CCC1CCN1. The van der Waals surface area contributed by atoms with Crippen LogP contribution < -0.4 is 10.1 Å². The van der Waals surface area contributed by atoms with E-state index in [1.54, 1.807) is 0 Å². The summed E-state index contributed by atoms with van der Waals surface area (Å²) in [6.45, 7) is 12.2. The second-order valence-electron chi connectivity index (χ2n) is 10.4. The van der Waals surface area contributed by atoms with Crippen LogP contribution in [0.15, 0.2) is 48.7 Å². The number of ether oxygens (including phenoxy) is 1. The molecule has 3 atom stereocenters. The molecule has 3 unspecified atom stereocenters. The molecule has 3 heterocycles. The number of fused-ring (bicyclic) bond motifs is 1. The Kier molecular flexibility index (Phi) is 9.45. The van der Waals surface area contributed by atoms with Gasteiger partial charge >= 0.3 is 0 Å². The lowest BCUT2D eigenvalue weighted by atomic mass is 9.82. The zero-order valence-corrected chi connectivity index (χ0v) is 24.0. The first-order valence-electron chi connectivity index (χ1n) is 13.9. The molecule has 202 valence electrons. The van der Waals surface area contributed by atoms with Crippen molar-refractivity contribution in [3.63, 3.8) is 0 Å². The zero-order chi connectivity index (χ0) is 27.2. The van der Waals surface area contributed by atoms with Gasteiger partial charge in [0, 0.05) is 27.9 Å². The van der Waals surface area contributed by atoms with Crippen LogP contribution in [0.3, 0.4) is 0 Å². The van der Waals surface area contributed by atoms with Crippen molar-refractivity contribution in [2.45, 2.75) is 72.3 Å². The number of allylic oxidation sites excluding steroid dienone is 2. The summed E-state index contributed by atoms with van der Waals surface area (Å²) in [5.74, 6) is 1.03. The minimum atomic E-state index is -0.229. The lowest BCUT2D eigenvalue weighted by Crippen LogP contribution is -2.41. The highest BCUT2D eigenvalue weighted by Gasteiger charge is 2.30. The molecule has 5 nitrogen and oxygen atoms in total. The molecule has 0 amide bonds. The Morgan fingerprint density at radius 3 is 2.61 bits per heavy atom. The predicted molar refractivity (Wildman–Crippen MR) is 157 cm³/mol. The molecule has 1 aromatic heterocycles. The van der Waals surface area contributed by atoms with E-state index in [9.17, 15) is 4.79 Å². The molecule has 6 heteroatoms. The number of rotatable bonds is 7. The number of nitrogens with zero attached hydrogens (tertiary/aromatic N) is 1. The summed E-state index contributed by atoms with van der Waals surface area (Å²) < 4.78 is 5.91. The second kappa shape index (κ2) is 12.8. The summed E-state index contributed by atoms with van der Waals surface area (Å²) in [4.78, 5) is 13.7. The molecule has 0 bridgehead atoms. The van der Waals surface area contributed by atoms with Gasteiger partial charge in [0.1, 0.15) is 5.75 Å². The number of aryl methyl sites for hydroxylation is 1. The number of ketones is 1. The predicted octanol–water partition coefficient (Wildman–Crippen LogP) is 7.53. The van der Waals surface area contributed by atoms with E-state index in [1.807, 2.05) is 44.3 Å². The molecule has 2 aliphatic rings. The maximum Gasteiger partial charge on any atom is 0.169 e. The van der Waals surface area contributed by atoms with Crippen molar-refractivity contribution in [1.82, 2.24) is 15.5 Å². The molecule has 0 spiro atoms. The van der Waals surface area contributed by atoms with Gasteiger partial charge in [-0.1, -0.05) is 56.6 Å². The third-order valence-electron chi connectivity index (χ3n) is 7.90. The van der Waals surface area contributed by atoms with E-state index >= 15 is 0 Å². The van der Waals surface area contributed by atoms with Gasteiger partial charge in [0.2, 0.25) is 0 Å². The Labute approximate surface area is 232 Å². The summed E-state index contributed by atoms with van der Waals surface area (Å²) in [7, 11) is 0. The van der Waals surface area contributed by atoms with E-state index < -0.39 is 0 Å². The molecule has 2 aromatic carbocycles. The summed E-state index contributed by atoms with van der Waals surface area (Å²) in [5, 5.41) is 11.1. The number of hydrogen-bond donors (Lipinski definition) is 2. The van der Waals surface area contributed by atoms with Crippen LogP contribution in [0.2, 0.25) is 5.02 Å². The van der Waals surface area contributed by atoms with Crippen LogP contribution in [-0.4, -0.2) is 35.2 Å². The van der Waals surface area contributed by atoms with E-state index in [0.29, 0.717) is 24.0 Å². The number of hydrogen-bond acceptors (Lipinski definition) is 4. The van der Waals surface area contributed by atoms with E-state index in [1.165, 1.54) is 24.9 Å². The average molecular weight is 534 g/mol. The molecule has 38 heavy (non-hydrogen) atoms. The van der Waals surface area contributed by atoms with Gasteiger partial charge in [-0.05, 0) is 92.4 Å². The first kappa shape index (κ1) is 28.1. The summed E-state index contributed by atoms with van der Waals surface area (Å²) in [6, 6.07) is 12.9. The number of aromatic amines is 1. The minimum Gasteiger partial charge on any atom is -0.493 e. The van der Waals surface area contributed by atoms with Crippen LogP contribution in [0.1, 0.15) is 75.3 Å². The van der Waals surface area contributed by atoms with Gasteiger partial charge in [-0.3, -0.25) is 9.89 Å². The standard InChI is InChI=1S/C27H29ClN2O2.C5H11N/c1-5-16(3)24-13-18(25-14-29-30-17(25)4)7-9-23(24)22(6-2)27(31)20-11-19-12-21(28)8-10-26(19)32-15-20;1-2-5-3-4-6-5/h6-10,12-14,16,20H,5,11,15H2,1-4H3,(H,29,30);5-6H,2-4H2,1H3/b22-6+;. The molecule has 3 aromatic rings. The molecule has 0 aliphatic carbocycles. The number of Topliss-reactive ketones (excluding diaryl/α,β-unsaturated/α-hetero) is 1. The molecule has 5 rings (SSSR count). The van der Waals surface area contributed by atoms with Crippen LogP contribution in [-0.2, 0) is 11.2 Å². The molecular weight excluding hydrogens is 494 g/mol. The highest BCUT2D eigenvalue weighted by atomic mass is 35.5. The summed E-state index contributed by atoms with van der Waals surface area (Å²) in [5.41, 5.74) is 7.18. The molecule has 0 radical (unpaired) electrons. The number of halogens is 1. The van der Waals surface area contributed by atoms with Crippen molar-refractivity contribution in [2.24, 2.45) is 5.92 Å². The Morgan fingerprint density at radius 2 is 2.03 bits per heavy atom. The number of H-pyrrole nitrogens is 1. The Morgan fingerprint density at radius 1 is 1.24 bits per heavy atom. The van der Waals surface area contributed by atoms with Gasteiger partial charge in [-0.25, -0.2) is 0 Å². The highest BCUT2D eigenvalue weighted by Crippen LogP contribution is 2.36. The highest BCUT2D eigenvalue weighted by molar-refractivity contribution is 6.30. The van der Waals surface area contributed by atoms with E-state index in [0.717, 1.165) is 51.7 Å². The van der Waals surface area contributed by atoms with Gasteiger partial charge in [-0.15, -0.1) is 0 Å². The third-order valence-corrected chi connectivity index (χ3v) is 8.13. The summed E-state index contributed by atoms with van der Waals surface area (Å²) >= 11 is 6.17. The third kappa shape index (κ3) is 6.22. The normalized spacial score (nSPS) is 19.4. The minimum absolute atomic E-state index is 0.120. The monoisotopic (exact) mass is 533 g/mol. The summed E-state index contributed by atoms with van der Waals surface area (Å²) in [6.07, 6.45) is 8.13. The van der Waals surface area contributed by atoms with Gasteiger partial charge in [0.15, 0.2) is 5.78 Å². The molecule has 2 N–H and O–H groups in total. The van der Waals surface area contributed by atoms with E-state index in [2.05, 4.69) is 54.5 Å². The Balaban J connectivity index is 0.000000494. The van der Waals surface area contributed by atoms with Gasteiger partial charge in [-0.2, -0.15) is 5.10 Å². The van der Waals surface area contributed by atoms with E-state index in [4.69, 9.17) is 16.3 Å². The molecule has 1 fully saturated rings. The van der Waals surface area contributed by atoms with Crippen LogP contribution >= 0.6 is 11.6 Å². The molecular formula is C32H40ClN3O2. The zero-order valence-electron chi connectivity index (χ0n) is 23.2. The molecule has 2 aliphatic heterocycles. The fourth-order valence-corrected chi connectivity index (χ4v) is 5.32. The van der Waals surface area contributed by atoms with Gasteiger partial charge < -0.3 is 10.1 Å².